The SMILES string of the molecule is CCOC1CC(CN)(N(CC)CCCN(CC)CC)C1. The minimum absolute atomic E-state index is 0.206. The number of nitrogens with zero attached hydrogens (tertiary/aromatic N) is 2. The zero-order chi connectivity index (χ0) is 15.0. The molecule has 2 N–H and O–H groups in total. The van der Waals surface area contributed by atoms with E-state index in [0.29, 0.717) is 6.10 Å². The second kappa shape index (κ2) is 8.98. The molecule has 20 heavy (non-hydrogen) atoms. The van der Waals surface area contributed by atoms with Gasteiger partial charge in [-0.25, -0.2) is 0 Å². The molecular weight excluding hydrogens is 250 g/mol. The Morgan fingerprint density at radius 1 is 1.05 bits per heavy atom. The highest BCUT2D eigenvalue weighted by molar-refractivity contribution is 5.04. The van der Waals surface area contributed by atoms with Crippen LogP contribution < -0.4 is 5.73 Å². The van der Waals surface area contributed by atoms with Crippen molar-refractivity contribution in [3.8, 4) is 0 Å². The molecule has 4 nitrogen and oxygen atoms in total. The lowest BCUT2D eigenvalue weighted by Gasteiger charge is -2.53. The molecule has 0 aromatic carbocycles. The number of hydrogen-bond donors (Lipinski definition) is 1. The molecule has 0 aromatic heterocycles. The van der Waals surface area contributed by atoms with Crippen molar-refractivity contribution in [3.05, 3.63) is 0 Å². The highest BCUT2D eigenvalue weighted by atomic mass is 16.5. The van der Waals surface area contributed by atoms with Gasteiger partial charge >= 0.3 is 0 Å². The minimum Gasteiger partial charge on any atom is -0.378 e. The Kier molecular flexibility index (Phi) is 8.03. The highest BCUT2D eigenvalue weighted by Gasteiger charge is 2.47. The molecule has 0 amide bonds. The molecule has 1 aliphatic rings. The summed E-state index contributed by atoms with van der Waals surface area (Å²) in [6.07, 6.45) is 3.88. The van der Waals surface area contributed by atoms with Crippen LogP contribution in [0.2, 0.25) is 0 Å². The Hall–Kier alpha value is -0.160. The van der Waals surface area contributed by atoms with Crippen molar-refractivity contribution in [2.45, 2.75) is 58.6 Å². The third-order valence-electron chi connectivity index (χ3n) is 4.85. The lowest BCUT2D eigenvalue weighted by Crippen LogP contribution is -2.64. The van der Waals surface area contributed by atoms with E-state index in [2.05, 4.69) is 37.5 Å². The van der Waals surface area contributed by atoms with E-state index in [1.807, 2.05) is 0 Å². The predicted octanol–water partition coefficient (Wildman–Crippen LogP) is 1.94. The lowest BCUT2D eigenvalue weighted by atomic mass is 9.72. The molecular formula is C16H35N3O. The second-order valence-electron chi connectivity index (χ2n) is 5.87. The quantitative estimate of drug-likeness (QED) is 0.630. The maximum absolute atomic E-state index is 6.08. The number of likely N-dealkylation sites (N-methyl/N-ethyl adjacent to an activating group) is 1. The predicted molar refractivity (Wildman–Crippen MR) is 86.1 cm³/mol. The van der Waals surface area contributed by atoms with Crippen LogP contribution in [-0.4, -0.2) is 67.3 Å². The zero-order valence-electron chi connectivity index (χ0n) is 14.0. The summed E-state index contributed by atoms with van der Waals surface area (Å²) in [6.45, 7) is 16.1. The Bertz CT molecular complexity index is 250. The van der Waals surface area contributed by atoms with E-state index in [1.165, 1.54) is 13.0 Å². The molecule has 0 atom stereocenters. The van der Waals surface area contributed by atoms with Crippen molar-refractivity contribution in [2.24, 2.45) is 5.73 Å². The van der Waals surface area contributed by atoms with E-state index in [1.54, 1.807) is 0 Å². The van der Waals surface area contributed by atoms with Gasteiger partial charge in [-0.1, -0.05) is 20.8 Å². The third-order valence-corrected chi connectivity index (χ3v) is 4.85. The van der Waals surface area contributed by atoms with Gasteiger partial charge in [0, 0.05) is 18.7 Å². The molecule has 0 spiro atoms. The smallest absolute Gasteiger partial charge is 0.0611 e. The van der Waals surface area contributed by atoms with Crippen molar-refractivity contribution in [1.29, 1.82) is 0 Å². The first kappa shape index (κ1) is 17.9. The van der Waals surface area contributed by atoms with Crippen molar-refractivity contribution in [3.63, 3.8) is 0 Å². The fourth-order valence-corrected chi connectivity index (χ4v) is 3.45. The van der Waals surface area contributed by atoms with Gasteiger partial charge in [0.15, 0.2) is 0 Å². The molecule has 1 fully saturated rings. The summed E-state index contributed by atoms with van der Waals surface area (Å²) in [5.74, 6) is 0. The van der Waals surface area contributed by atoms with Gasteiger partial charge in [0.1, 0.15) is 0 Å². The molecule has 0 bridgehead atoms. The van der Waals surface area contributed by atoms with Crippen LogP contribution in [-0.2, 0) is 4.74 Å². The molecule has 1 saturated carbocycles. The Labute approximate surface area is 125 Å². The van der Waals surface area contributed by atoms with Gasteiger partial charge in [0.25, 0.3) is 0 Å². The van der Waals surface area contributed by atoms with Crippen LogP contribution in [0.25, 0.3) is 0 Å². The summed E-state index contributed by atoms with van der Waals surface area (Å²) in [6, 6.07) is 0. The first-order chi connectivity index (χ1) is 9.65. The molecule has 120 valence electrons. The summed E-state index contributed by atoms with van der Waals surface area (Å²) in [7, 11) is 0. The fourth-order valence-electron chi connectivity index (χ4n) is 3.45. The van der Waals surface area contributed by atoms with E-state index in [9.17, 15) is 0 Å². The van der Waals surface area contributed by atoms with E-state index in [0.717, 1.165) is 52.2 Å². The average Bonchev–Trinajstić information content (AvgIpc) is 2.43. The zero-order valence-corrected chi connectivity index (χ0v) is 14.0. The largest absolute Gasteiger partial charge is 0.378 e. The molecule has 1 aliphatic carbocycles. The topological polar surface area (TPSA) is 41.7 Å². The number of hydrogen-bond acceptors (Lipinski definition) is 4. The highest BCUT2D eigenvalue weighted by Crippen LogP contribution is 2.39. The van der Waals surface area contributed by atoms with Gasteiger partial charge in [-0.2, -0.15) is 0 Å². The summed E-state index contributed by atoms with van der Waals surface area (Å²) in [5, 5.41) is 0. The van der Waals surface area contributed by atoms with Gasteiger partial charge in [0.2, 0.25) is 0 Å². The summed E-state index contributed by atoms with van der Waals surface area (Å²) in [4.78, 5) is 5.08. The Morgan fingerprint density at radius 3 is 2.15 bits per heavy atom. The molecule has 0 unspecified atom stereocenters. The molecule has 0 aliphatic heterocycles. The monoisotopic (exact) mass is 285 g/mol. The maximum Gasteiger partial charge on any atom is 0.0611 e. The van der Waals surface area contributed by atoms with Gasteiger partial charge < -0.3 is 15.4 Å². The normalized spacial score (nSPS) is 26.2. The molecule has 1 rings (SSSR count). The standard InChI is InChI=1S/C16H35N3O/c1-5-18(6-2)10-9-11-19(7-3)16(14-17)12-15(13-16)20-8-4/h15H,5-14,17H2,1-4H3. The third kappa shape index (κ3) is 4.42. The van der Waals surface area contributed by atoms with Crippen LogP contribution in [0.1, 0.15) is 47.0 Å². The first-order valence-corrected chi connectivity index (χ1v) is 8.44. The summed E-state index contributed by atoms with van der Waals surface area (Å²) in [5.41, 5.74) is 6.29. The average molecular weight is 285 g/mol. The van der Waals surface area contributed by atoms with Crippen LogP contribution in [0.3, 0.4) is 0 Å². The van der Waals surface area contributed by atoms with Crippen molar-refractivity contribution in [1.82, 2.24) is 9.80 Å². The van der Waals surface area contributed by atoms with Crippen LogP contribution in [0.15, 0.2) is 0 Å². The summed E-state index contributed by atoms with van der Waals surface area (Å²) < 4.78 is 5.72. The second-order valence-corrected chi connectivity index (χ2v) is 5.87. The van der Waals surface area contributed by atoms with Crippen molar-refractivity contribution < 1.29 is 4.74 Å². The van der Waals surface area contributed by atoms with Gasteiger partial charge in [0.05, 0.1) is 6.10 Å². The number of ether oxygens (including phenoxy) is 1. The minimum atomic E-state index is 0.206. The first-order valence-electron chi connectivity index (χ1n) is 8.44. The van der Waals surface area contributed by atoms with Crippen LogP contribution >= 0.6 is 0 Å². The van der Waals surface area contributed by atoms with E-state index < -0.39 is 0 Å². The molecule has 0 heterocycles. The lowest BCUT2D eigenvalue weighted by molar-refractivity contribution is -0.0991. The van der Waals surface area contributed by atoms with Crippen LogP contribution in [0.5, 0.6) is 0 Å². The maximum atomic E-state index is 6.08. The molecule has 0 saturated heterocycles. The van der Waals surface area contributed by atoms with Gasteiger partial charge in [-0.05, 0) is 58.9 Å². The van der Waals surface area contributed by atoms with Crippen molar-refractivity contribution in [2.75, 3.05) is 45.9 Å². The molecule has 0 aromatic rings. The van der Waals surface area contributed by atoms with Crippen LogP contribution in [0, 0.1) is 0 Å². The van der Waals surface area contributed by atoms with Crippen LogP contribution in [0.4, 0.5) is 0 Å². The Morgan fingerprint density at radius 2 is 1.70 bits per heavy atom. The van der Waals surface area contributed by atoms with E-state index in [-0.39, 0.29) is 5.54 Å². The number of rotatable bonds is 11. The summed E-state index contributed by atoms with van der Waals surface area (Å²) >= 11 is 0. The fraction of sp³-hybridized carbons (Fsp3) is 1.00. The van der Waals surface area contributed by atoms with Gasteiger partial charge in [-0.3, -0.25) is 4.90 Å². The molecule has 4 heteroatoms. The number of nitrogens with two attached hydrogens (primary N) is 1. The van der Waals surface area contributed by atoms with Crippen molar-refractivity contribution >= 4 is 0 Å². The molecule has 0 radical (unpaired) electrons. The van der Waals surface area contributed by atoms with Gasteiger partial charge in [-0.15, -0.1) is 0 Å². The Balaban J connectivity index is 2.40. The van der Waals surface area contributed by atoms with E-state index in [4.69, 9.17) is 10.5 Å². The van der Waals surface area contributed by atoms with E-state index >= 15 is 0 Å².